The number of benzene rings is 1. The largest absolute Gasteiger partial charge is 0.508 e. The monoisotopic (exact) mass is 249 g/mol. The van der Waals surface area contributed by atoms with Crippen molar-refractivity contribution >= 4 is 12.4 Å². The van der Waals surface area contributed by atoms with Gasteiger partial charge in [-0.15, -0.1) is 12.4 Å². The molecular formula is C11H17ClFNO2. The van der Waals surface area contributed by atoms with E-state index in [-0.39, 0.29) is 29.6 Å². The number of rotatable bonds is 3. The van der Waals surface area contributed by atoms with Crippen LogP contribution in [0.25, 0.3) is 0 Å². The van der Waals surface area contributed by atoms with Crippen LogP contribution < -0.4 is 5.73 Å². The molecule has 0 fully saturated rings. The molecule has 0 saturated heterocycles. The van der Waals surface area contributed by atoms with Crippen LogP contribution in [0.3, 0.4) is 0 Å². The van der Waals surface area contributed by atoms with Crippen LogP contribution in [0.5, 0.6) is 5.75 Å². The molecule has 2 atom stereocenters. The molecule has 0 unspecified atom stereocenters. The van der Waals surface area contributed by atoms with Crippen LogP contribution in [-0.4, -0.2) is 16.3 Å². The van der Waals surface area contributed by atoms with Crippen LogP contribution in [0.4, 0.5) is 4.39 Å². The molecule has 0 heterocycles. The molecule has 3 nitrogen and oxygen atoms in total. The summed E-state index contributed by atoms with van der Waals surface area (Å²) in [7, 11) is 0. The minimum atomic E-state index is -0.802. The van der Waals surface area contributed by atoms with Crippen molar-refractivity contribution in [2.45, 2.75) is 26.0 Å². The Bertz CT molecular complexity index is 347. The molecular weight excluding hydrogens is 233 g/mol. The van der Waals surface area contributed by atoms with E-state index in [9.17, 15) is 9.50 Å². The number of nitrogens with two attached hydrogens (primary N) is 1. The van der Waals surface area contributed by atoms with E-state index in [0.717, 1.165) is 6.07 Å². The fourth-order valence-corrected chi connectivity index (χ4v) is 1.39. The van der Waals surface area contributed by atoms with E-state index >= 15 is 0 Å². The summed E-state index contributed by atoms with van der Waals surface area (Å²) in [5.41, 5.74) is 5.94. The van der Waals surface area contributed by atoms with E-state index in [2.05, 4.69) is 0 Å². The average Bonchev–Trinajstić information content (AvgIpc) is 2.15. The predicted molar refractivity (Wildman–Crippen MR) is 63.1 cm³/mol. The number of phenolic OH excluding ortho intramolecular Hbond substituents is 1. The predicted octanol–water partition coefficient (Wildman–Crippen LogP) is 1.97. The van der Waals surface area contributed by atoms with Crippen molar-refractivity contribution in [1.29, 1.82) is 0 Å². The quantitative estimate of drug-likeness (QED) is 0.767. The first kappa shape index (κ1) is 15.2. The normalized spacial score (nSPS) is 14.4. The molecule has 0 aliphatic carbocycles. The first-order chi connectivity index (χ1) is 6.93. The van der Waals surface area contributed by atoms with E-state index in [1.165, 1.54) is 12.1 Å². The van der Waals surface area contributed by atoms with E-state index in [0.29, 0.717) is 0 Å². The minimum absolute atomic E-state index is 0. The van der Waals surface area contributed by atoms with Crippen LogP contribution in [0.2, 0.25) is 0 Å². The second kappa shape index (κ2) is 6.03. The second-order valence-electron chi connectivity index (χ2n) is 3.97. The molecule has 0 bridgehead atoms. The third-order valence-corrected chi connectivity index (χ3v) is 2.39. The van der Waals surface area contributed by atoms with Gasteiger partial charge in [0.2, 0.25) is 0 Å². The molecule has 1 aromatic rings. The van der Waals surface area contributed by atoms with Gasteiger partial charge in [0.15, 0.2) is 0 Å². The SMILES string of the molecule is CC(C)[C@@H](O)[C@@H](N)c1ccc(O)cc1F.Cl. The Kier molecular flexibility index (Phi) is 5.72. The molecule has 0 amide bonds. The summed E-state index contributed by atoms with van der Waals surface area (Å²) in [6.45, 7) is 3.62. The Hall–Kier alpha value is -0.840. The molecule has 0 saturated carbocycles. The van der Waals surface area contributed by atoms with Crippen LogP contribution in [0.1, 0.15) is 25.5 Å². The summed E-state index contributed by atoms with van der Waals surface area (Å²) in [4.78, 5) is 0. The summed E-state index contributed by atoms with van der Waals surface area (Å²) >= 11 is 0. The van der Waals surface area contributed by atoms with Gasteiger partial charge in [0.25, 0.3) is 0 Å². The summed E-state index contributed by atoms with van der Waals surface area (Å²) in [5, 5.41) is 18.7. The van der Waals surface area contributed by atoms with E-state index in [1.54, 1.807) is 0 Å². The standard InChI is InChI=1S/C11H16FNO2.ClH/c1-6(2)11(15)10(13)8-4-3-7(14)5-9(8)12;/h3-6,10-11,14-15H,13H2,1-2H3;1H/t10-,11+;/m0./s1. The number of aliphatic hydroxyl groups is 1. The fourth-order valence-electron chi connectivity index (χ4n) is 1.39. The van der Waals surface area contributed by atoms with E-state index < -0.39 is 18.0 Å². The molecule has 0 aromatic heterocycles. The number of aromatic hydroxyl groups is 1. The topological polar surface area (TPSA) is 66.5 Å². The molecule has 92 valence electrons. The Morgan fingerprint density at radius 1 is 1.31 bits per heavy atom. The van der Waals surface area contributed by atoms with Gasteiger partial charge in [0, 0.05) is 11.6 Å². The van der Waals surface area contributed by atoms with Gasteiger partial charge in [-0.1, -0.05) is 19.9 Å². The number of hydrogen-bond donors (Lipinski definition) is 3. The highest BCUT2D eigenvalue weighted by atomic mass is 35.5. The lowest BCUT2D eigenvalue weighted by molar-refractivity contribution is 0.0966. The van der Waals surface area contributed by atoms with Gasteiger partial charge in [0.05, 0.1) is 12.1 Å². The smallest absolute Gasteiger partial charge is 0.131 e. The number of phenols is 1. The lowest BCUT2D eigenvalue weighted by Crippen LogP contribution is -2.31. The van der Waals surface area contributed by atoms with Gasteiger partial charge < -0.3 is 15.9 Å². The number of halogens is 2. The van der Waals surface area contributed by atoms with Crippen LogP contribution in [0.15, 0.2) is 18.2 Å². The third-order valence-electron chi connectivity index (χ3n) is 2.39. The molecule has 1 rings (SSSR count). The fraction of sp³-hybridized carbons (Fsp3) is 0.455. The molecule has 5 heteroatoms. The zero-order valence-electron chi connectivity index (χ0n) is 9.22. The van der Waals surface area contributed by atoms with Gasteiger partial charge in [0.1, 0.15) is 11.6 Å². The summed E-state index contributed by atoms with van der Waals surface area (Å²) < 4.78 is 13.4. The Morgan fingerprint density at radius 3 is 2.31 bits per heavy atom. The highest BCUT2D eigenvalue weighted by Gasteiger charge is 2.22. The van der Waals surface area contributed by atoms with Crippen LogP contribution >= 0.6 is 12.4 Å². The first-order valence-corrected chi connectivity index (χ1v) is 4.85. The summed E-state index contributed by atoms with van der Waals surface area (Å²) in [5.74, 6) is -0.794. The van der Waals surface area contributed by atoms with Gasteiger partial charge in [-0.3, -0.25) is 0 Å². The van der Waals surface area contributed by atoms with E-state index in [4.69, 9.17) is 10.8 Å². The van der Waals surface area contributed by atoms with Crippen LogP contribution in [0, 0.1) is 11.7 Å². The first-order valence-electron chi connectivity index (χ1n) is 4.85. The van der Waals surface area contributed by atoms with Crippen molar-refractivity contribution in [2.24, 2.45) is 11.7 Å². The summed E-state index contributed by atoms with van der Waals surface area (Å²) in [6.07, 6.45) is -0.802. The van der Waals surface area contributed by atoms with Crippen molar-refractivity contribution in [1.82, 2.24) is 0 Å². The lowest BCUT2D eigenvalue weighted by Gasteiger charge is -2.22. The van der Waals surface area contributed by atoms with Crippen molar-refractivity contribution < 1.29 is 14.6 Å². The van der Waals surface area contributed by atoms with Gasteiger partial charge >= 0.3 is 0 Å². The Labute approximate surface area is 101 Å². The molecule has 0 aliphatic heterocycles. The van der Waals surface area contributed by atoms with Gasteiger partial charge in [-0.2, -0.15) is 0 Å². The zero-order valence-corrected chi connectivity index (χ0v) is 10.0. The summed E-state index contributed by atoms with van der Waals surface area (Å²) in [6, 6.07) is 2.96. The highest BCUT2D eigenvalue weighted by molar-refractivity contribution is 5.85. The maximum Gasteiger partial charge on any atom is 0.131 e. The van der Waals surface area contributed by atoms with E-state index in [1.807, 2.05) is 13.8 Å². The van der Waals surface area contributed by atoms with Crippen molar-refractivity contribution in [2.75, 3.05) is 0 Å². The molecule has 1 aromatic carbocycles. The third kappa shape index (κ3) is 3.33. The van der Waals surface area contributed by atoms with Crippen LogP contribution in [-0.2, 0) is 0 Å². The lowest BCUT2D eigenvalue weighted by atomic mass is 9.94. The molecule has 4 N–H and O–H groups in total. The maximum atomic E-state index is 13.4. The second-order valence-corrected chi connectivity index (χ2v) is 3.97. The van der Waals surface area contributed by atoms with Crippen molar-refractivity contribution in [3.63, 3.8) is 0 Å². The van der Waals surface area contributed by atoms with Crippen molar-refractivity contribution in [3.05, 3.63) is 29.6 Å². The molecule has 0 aliphatic rings. The molecule has 0 spiro atoms. The molecule has 16 heavy (non-hydrogen) atoms. The Morgan fingerprint density at radius 2 is 1.88 bits per heavy atom. The zero-order chi connectivity index (χ0) is 11.6. The van der Waals surface area contributed by atoms with Crippen molar-refractivity contribution in [3.8, 4) is 5.75 Å². The van der Waals surface area contributed by atoms with Gasteiger partial charge in [-0.05, 0) is 12.0 Å². The number of aliphatic hydroxyl groups excluding tert-OH is 1. The molecule has 0 radical (unpaired) electrons. The minimum Gasteiger partial charge on any atom is -0.508 e. The average molecular weight is 250 g/mol. The highest BCUT2D eigenvalue weighted by Crippen LogP contribution is 2.24. The Balaban J connectivity index is 0.00000225. The van der Waals surface area contributed by atoms with Gasteiger partial charge in [-0.25, -0.2) is 4.39 Å². The number of hydrogen-bond acceptors (Lipinski definition) is 3. The maximum absolute atomic E-state index is 13.4.